The molecule has 0 spiro atoms. The molecule has 0 saturated heterocycles. The van der Waals surface area contributed by atoms with Crippen molar-refractivity contribution in [3.05, 3.63) is 53.5 Å². The Morgan fingerprint density at radius 3 is 2.79 bits per heavy atom. The summed E-state index contributed by atoms with van der Waals surface area (Å²) in [4.78, 5) is 4.45. The van der Waals surface area contributed by atoms with Gasteiger partial charge < -0.3 is 10.4 Å². The maximum absolute atomic E-state index is 9.27. The zero-order valence-corrected chi connectivity index (χ0v) is 11.3. The van der Waals surface area contributed by atoms with Crippen LogP contribution in [0.15, 0.2) is 48.0 Å². The van der Waals surface area contributed by atoms with E-state index in [9.17, 15) is 5.11 Å². The van der Waals surface area contributed by atoms with E-state index in [0.29, 0.717) is 0 Å². The Morgan fingerprint density at radius 1 is 1.21 bits per heavy atom. The molecule has 0 fully saturated rings. The van der Waals surface area contributed by atoms with Crippen LogP contribution < -0.4 is 5.32 Å². The van der Waals surface area contributed by atoms with Crippen LogP contribution in [0.3, 0.4) is 0 Å². The molecule has 0 radical (unpaired) electrons. The van der Waals surface area contributed by atoms with E-state index in [0.717, 1.165) is 16.8 Å². The SMILES string of the molecule is CC(Nc1ccc(O)cc1)c1cnc2ccsc2c1. The normalized spacial score (nSPS) is 12.5. The van der Waals surface area contributed by atoms with Crippen molar-refractivity contribution in [1.82, 2.24) is 4.98 Å². The molecule has 0 aliphatic rings. The first kappa shape index (κ1) is 12.0. The molecule has 96 valence electrons. The van der Waals surface area contributed by atoms with E-state index in [1.165, 1.54) is 4.70 Å². The van der Waals surface area contributed by atoms with Crippen LogP contribution in [0.5, 0.6) is 5.75 Å². The average Bonchev–Trinajstić information content (AvgIpc) is 2.88. The molecule has 0 amide bonds. The number of fused-ring (bicyclic) bond motifs is 1. The Labute approximate surface area is 115 Å². The molecule has 1 unspecified atom stereocenters. The molecule has 0 bridgehead atoms. The fourth-order valence-electron chi connectivity index (χ4n) is 1.99. The molecule has 3 aromatic rings. The predicted octanol–water partition coefficient (Wildman–Crippen LogP) is 4.18. The summed E-state index contributed by atoms with van der Waals surface area (Å²) in [6, 6.07) is 11.5. The number of aromatic hydroxyl groups is 1. The number of hydrogen-bond acceptors (Lipinski definition) is 4. The zero-order valence-electron chi connectivity index (χ0n) is 10.5. The lowest BCUT2D eigenvalue weighted by atomic mass is 10.1. The monoisotopic (exact) mass is 270 g/mol. The Bertz CT molecular complexity index is 691. The van der Waals surface area contributed by atoms with Gasteiger partial charge in [-0.3, -0.25) is 4.98 Å². The topological polar surface area (TPSA) is 45.1 Å². The lowest BCUT2D eigenvalue weighted by Gasteiger charge is -2.15. The summed E-state index contributed by atoms with van der Waals surface area (Å²) in [5.74, 6) is 0.278. The van der Waals surface area contributed by atoms with Crippen molar-refractivity contribution in [1.29, 1.82) is 0 Å². The van der Waals surface area contributed by atoms with Crippen molar-refractivity contribution < 1.29 is 5.11 Å². The molecule has 2 heterocycles. The Kier molecular flexibility index (Phi) is 3.09. The van der Waals surface area contributed by atoms with Crippen LogP contribution in [0.25, 0.3) is 10.2 Å². The number of aromatic nitrogens is 1. The first-order chi connectivity index (χ1) is 9.22. The molecule has 4 heteroatoms. The highest BCUT2D eigenvalue weighted by Crippen LogP contribution is 2.25. The van der Waals surface area contributed by atoms with Gasteiger partial charge in [0.1, 0.15) is 5.75 Å². The molecule has 0 aliphatic heterocycles. The number of rotatable bonds is 3. The van der Waals surface area contributed by atoms with Gasteiger partial charge in [-0.2, -0.15) is 0 Å². The van der Waals surface area contributed by atoms with Crippen molar-refractivity contribution in [2.45, 2.75) is 13.0 Å². The molecule has 0 aliphatic carbocycles. The average molecular weight is 270 g/mol. The zero-order chi connectivity index (χ0) is 13.2. The standard InChI is InChI=1S/C15H14N2OS/c1-10(17-12-2-4-13(18)5-3-12)11-8-15-14(16-9-11)6-7-19-15/h2-10,17-18H,1H3. The van der Waals surface area contributed by atoms with Crippen molar-refractivity contribution in [3.8, 4) is 5.75 Å². The Balaban J connectivity index is 1.82. The summed E-state index contributed by atoms with van der Waals surface area (Å²) in [6.07, 6.45) is 1.91. The molecule has 2 aromatic heterocycles. The quantitative estimate of drug-likeness (QED) is 0.702. The number of phenolic OH excluding ortho intramolecular Hbond substituents is 1. The minimum atomic E-state index is 0.170. The molecule has 1 aromatic carbocycles. The third-order valence-electron chi connectivity index (χ3n) is 3.07. The lowest BCUT2D eigenvalue weighted by Crippen LogP contribution is -2.06. The van der Waals surface area contributed by atoms with Gasteiger partial charge in [-0.15, -0.1) is 11.3 Å². The van der Waals surface area contributed by atoms with E-state index in [2.05, 4.69) is 28.7 Å². The van der Waals surface area contributed by atoms with Crippen LogP contribution in [0, 0.1) is 0 Å². The highest BCUT2D eigenvalue weighted by atomic mass is 32.1. The highest BCUT2D eigenvalue weighted by molar-refractivity contribution is 7.17. The van der Waals surface area contributed by atoms with Gasteiger partial charge in [-0.25, -0.2) is 0 Å². The van der Waals surface area contributed by atoms with Crippen LogP contribution in [0.4, 0.5) is 5.69 Å². The number of phenols is 1. The fourth-order valence-corrected chi connectivity index (χ4v) is 2.78. The number of pyridine rings is 1. The second-order valence-electron chi connectivity index (χ2n) is 4.49. The van der Waals surface area contributed by atoms with Gasteiger partial charge in [0.15, 0.2) is 0 Å². The van der Waals surface area contributed by atoms with E-state index in [1.54, 1.807) is 23.5 Å². The highest BCUT2D eigenvalue weighted by Gasteiger charge is 2.07. The summed E-state index contributed by atoms with van der Waals surface area (Å²) in [7, 11) is 0. The van der Waals surface area contributed by atoms with E-state index in [-0.39, 0.29) is 11.8 Å². The summed E-state index contributed by atoms with van der Waals surface area (Å²) in [5, 5.41) is 14.7. The van der Waals surface area contributed by atoms with Crippen molar-refractivity contribution >= 4 is 27.2 Å². The number of nitrogens with one attached hydrogen (secondary N) is 1. The molecule has 19 heavy (non-hydrogen) atoms. The summed E-state index contributed by atoms with van der Waals surface area (Å²) >= 11 is 1.70. The fraction of sp³-hybridized carbons (Fsp3) is 0.133. The minimum absolute atomic E-state index is 0.170. The predicted molar refractivity (Wildman–Crippen MR) is 79.8 cm³/mol. The summed E-state index contributed by atoms with van der Waals surface area (Å²) in [5.41, 5.74) is 3.19. The summed E-state index contributed by atoms with van der Waals surface area (Å²) < 4.78 is 1.21. The van der Waals surface area contributed by atoms with Crippen LogP contribution >= 0.6 is 11.3 Å². The second-order valence-corrected chi connectivity index (χ2v) is 5.43. The number of thiophene rings is 1. The van der Waals surface area contributed by atoms with Crippen molar-refractivity contribution in [2.75, 3.05) is 5.32 Å². The van der Waals surface area contributed by atoms with Gasteiger partial charge >= 0.3 is 0 Å². The van der Waals surface area contributed by atoms with Gasteiger partial charge in [0, 0.05) is 11.9 Å². The third kappa shape index (κ3) is 2.53. The third-order valence-corrected chi connectivity index (χ3v) is 3.93. The molecule has 3 nitrogen and oxygen atoms in total. The maximum Gasteiger partial charge on any atom is 0.115 e. The van der Waals surface area contributed by atoms with Gasteiger partial charge in [-0.1, -0.05) is 0 Å². The molecular formula is C15H14N2OS. The molecule has 0 saturated carbocycles. The number of hydrogen-bond donors (Lipinski definition) is 2. The minimum Gasteiger partial charge on any atom is -0.508 e. The molecule has 1 atom stereocenters. The number of benzene rings is 1. The number of anilines is 1. The Hall–Kier alpha value is -2.07. The molecule has 3 rings (SSSR count). The summed E-state index contributed by atoms with van der Waals surface area (Å²) in [6.45, 7) is 2.10. The largest absolute Gasteiger partial charge is 0.508 e. The van der Waals surface area contributed by atoms with Crippen molar-refractivity contribution in [2.24, 2.45) is 0 Å². The van der Waals surface area contributed by atoms with Crippen LogP contribution in [-0.4, -0.2) is 10.1 Å². The van der Waals surface area contributed by atoms with E-state index in [4.69, 9.17) is 0 Å². The first-order valence-corrected chi connectivity index (χ1v) is 6.99. The molecule has 2 N–H and O–H groups in total. The van der Waals surface area contributed by atoms with E-state index in [1.807, 2.05) is 24.4 Å². The number of nitrogens with zero attached hydrogens (tertiary/aromatic N) is 1. The second kappa shape index (κ2) is 4.90. The van der Waals surface area contributed by atoms with Crippen LogP contribution in [0.2, 0.25) is 0 Å². The van der Waals surface area contributed by atoms with E-state index >= 15 is 0 Å². The van der Waals surface area contributed by atoms with Gasteiger partial charge in [-0.05, 0) is 54.3 Å². The van der Waals surface area contributed by atoms with Gasteiger partial charge in [0.05, 0.1) is 16.3 Å². The maximum atomic E-state index is 9.27. The lowest BCUT2D eigenvalue weighted by molar-refractivity contribution is 0.475. The Morgan fingerprint density at radius 2 is 2.00 bits per heavy atom. The van der Waals surface area contributed by atoms with Gasteiger partial charge in [0.2, 0.25) is 0 Å². The van der Waals surface area contributed by atoms with Gasteiger partial charge in [0.25, 0.3) is 0 Å². The van der Waals surface area contributed by atoms with Crippen molar-refractivity contribution in [3.63, 3.8) is 0 Å². The first-order valence-electron chi connectivity index (χ1n) is 6.11. The smallest absolute Gasteiger partial charge is 0.115 e. The van der Waals surface area contributed by atoms with Crippen LogP contribution in [0.1, 0.15) is 18.5 Å². The molecular weight excluding hydrogens is 256 g/mol. The van der Waals surface area contributed by atoms with E-state index < -0.39 is 0 Å². The van der Waals surface area contributed by atoms with Crippen LogP contribution in [-0.2, 0) is 0 Å².